The van der Waals surface area contributed by atoms with Crippen molar-refractivity contribution < 1.29 is 19.1 Å². The molecule has 0 aromatic heterocycles. The van der Waals surface area contributed by atoms with Gasteiger partial charge in [0.25, 0.3) is 5.91 Å². The molecule has 0 radical (unpaired) electrons. The van der Waals surface area contributed by atoms with E-state index < -0.39 is 17.8 Å². The maximum Gasteiger partial charge on any atom is 0.414 e. The normalized spacial score (nSPS) is 9.57. The lowest BCUT2D eigenvalue weighted by atomic mass is 10.2. The zero-order chi connectivity index (χ0) is 10.7. The van der Waals surface area contributed by atoms with Gasteiger partial charge in [-0.25, -0.2) is 14.1 Å². The van der Waals surface area contributed by atoms with Gasteiger partial charge < -0.3 is 5.11 Å². The van der Waals surface area contributed by atoms with Gasteiger partial charge in [-0.2, -0.15) is 0 Å². The summed E-state index contributed by atoms with van der Waals surface area (Å²) in [5.41, 5.74) is -0.252. The smallest absolute Gasteiger partial charge is 0.414 e. The van der Waals surface area contributed by atoms with E-state index in [0.29, 0.717) is 4.90 Å². The first-order valence-electron chi connectivity index (χ1n) is 3.79. The highest BCUT2D eigenvalue weighted by atomic mass is 19.1. The molecule has 0 aliphatic heterocycles. The number of hydrogen-bond donors (Lipinski definition) is 1. The first kappa shape index (κ1) is 10.2. The van der Waals surface area contributed by atoms with Gasteiger partial charge in [0, 0.05) is 7.05 Å². The van der Waals surface area contributed by atoms with Crippen molar-refractivity contribution in [3.63, 3.8) is 0 Å². The van der Waals surface area contributed by atoms with E-state index >= 15 is 0 Å². The third-order valence-electron chi connectivity index (χ3n) is 1.70. The molecule has 1 aromatic rings. The number of carbonyl (C=O) groups is 2. The zero-order valence-corrected chi connectivity index (χ0v) is 7.40. The van der Waals surface area contributed by atoms with E-state index in [9.17, 15) is 14.0 Å². The van der Waals surface area contributed by atoms with Crippen molar-refractivity contribution in [1.29, 1.82) is 0 Å². The Morgan fingerprint density at radius 1 is 1.36 bits per heavy atom. The van der Waals surface area contributed by atoms with Gasteiger partial charge in [0.1, 0.15) is 5.82 Å². The Balaban J connectivity index is 3.01. The van der Waals surface area contributed by atoms with Crippen LogP contribution in [0.4, 0.5) is 9.18 Å². The fourth-order valence-electron chi connectivity index (χ4n) is 0.902. The summed E-state index contributed by atoms with van der Waals surface area (Å²) in [6.07, 6.45) is -1.42. The van der Waals surface area contributed by atoms with Crippen LogP contribution in [0.5, 0.6) is 0 Å². The monoisotopic (exact) mass is 197 g/mol. The van der Waals surface area contributed by atoms with Gasteiger partial charge in [0.05, 0.1) is 5.56 Å². The van der Waals surface area contributed by atoms with E-state index in [0.717, 1.165) is 13.1 Å². The maximum atomic E-state index is 13.0. The van der Waals surface area contributed by atoms with Crippen molar-refractivity contribution in [3.8, 4) is 0 Å². The van der Waals surface area contributed by atoms with E-state index in [1.165, 1.54) is 18.2 Å². The molecule has 0 saturated heterocycles. The zero-order valence-electron chi connectivity index (χ0n) is 7.40. The number of rotatable bonds is 1. The Bertz CT molecular complexity index is 378. The fraction of sp³-hybridized carbons (Fsp3) is 0.111. The lowest BCUT2D eigenvalue weighted by molar-refractivity contribution is 0.0777. The average Bonchev–Trinajstić information content (AvgIpc) is 2.16. The second kappa shape index (κ2) is 3.87. The molecule has 14 heavy (non-hydrogen) atoms. The molecule has 0 spiro atoms. The van der Waals surface area contributed by atoms with Crippen LogP contribution < -0.4 is 0 Å². The van der Waals surface area contributed by atoms with E-state index in [1.807, 2.05) is 0 Å². The molecule has 0 bridgehead atoms. The molecular weight excluding hydrogens is 189 g/mol. The van der Waals surface area contributed by atoms with Gasteiger partial charge in [0.2, 0.25) is 0 Å². The van der Waals surface area contributed by atoms with E-state index in [2.05, 4.69) is 0 Å². The van der Waals surface area contributed by atoms with Crippen LogP contribution in [0, 0.1) is 5.82 Å². The van der Waals surface area contributed by atoms with E-state index in [-0.39, 0.29) is 5.56 Å². The van der Waals surface area contributed by atoms with Crippen LogP contribution in [0.3, 0.4) is 0 Å². The number of nitrogens with zero attached hydrogens (tertiary/aromatic N) is 1. The molecule has 0 fully saturated rings. The van der Waals surface area contributed by atoms with Crippen LogP contribution in [-0.2, 0) is 0 Å². The standard InChI is InChI=1S/C9H8FNO3/c1-11(9(13)14)8(12)6-4-2-3-5-7(6)10/h2-5H,1H3,(H,13,14). The molecule has 74 valence electrons. The van der Waals surface area contributed by atoms with Gasteiger partial charge in [0.15, 0.2) is 0 Å². The summed E-state index contributed by atoms with van der Waals surface area (Å²) in [5, 5.41) is 8.49. The van der Waals surface area contributed by atoms with Crippen LogP contribution in [0.1, 0.15) is 10.4 Å². The molecule has 1 N–H and O–H groups in total. The Kier molecular flexibility index (Phi) is 2.81. The number of carboxylic acid groups (broad SMARTS) is 1. The largest absolute Gasteiger partial charge is 0.465 e. The second-order valence-electron chi connectivity index (χ2n) is 2.63. The minimum atomic E-state index is -1.42. The molecule has 0 saturated carbocycles. The van der Waals surface area contributed by atoms with Gasteiger partial charge in [-0.3, -0.25) is 4.79 Å². The third-order valence-corrected chi connectivity index (χ3v) is 1.70. The van der Waals surface area contributed by atoms with Gasteiger partial charge in [-0.15, -0.1) is 0 Å². The SMILES string of the molecule is CN(C(=O)O)C(=O)c1ccccc1F. The first-order valence-corrected chi connectivity index (χ1v) is 3.79. The summed E-state index contributed by atoms with van der Waals surface area (Å²) in [6, 6.07) is 5.22. The highest BCUT2D eigenvalue weighted by molar-refractivity contribution is 6.02. The number of carbonyl (C=O) groups excluding carboxylic acids is 1. The Labute approximate surface area is 79.6 Å². The predicted molar refractivity (Wildman–Crippen MR) is 46.5 cm³/mol. The third kappa shape index (κ3) is 1.87. The molecular formula is C9H8FNO3. The average molecular weight is 197 g/mol. The summed E-state index contributed by atoms with van der Waals surface area (Å²) in [6.45, 7) is 0. The molecule has 1 aromatic carbocycles. The number of hydrogen-bond acceptors (Lipinski definition) is 2. The van der Waals surface area contributed by atoms with Gasteiger partial charge in [-0.1, -0.05) is 12.1 Å². The van der Waals surface area contributed by atoms with Crippen molar-refractivity contribution in [2.24, 2.45) is 0 Å². The van der Waals surface area contributed by atoms with Crippen LogP contribution in [-0.4, -0.2) is 29.1 Å². The fourth-order valence-corrected chi connectivity index (χ4v) is 0.902. The summed E-state index contributed by atoms with van der Waals surface area (Å²) in [4.78, 5) is 22.1. The van der Waals surface area contributed by atoms with Crippen LogP contribution in [0.2, 0.25) is 0 Å². The summed E-state index contributed by atoms with van der Waals surface area (Å²) >= 11 is 0. The highest BCUT2D eigenvalue weighted by Gasteiger charge is 2.19. The quantitative estimate of drug-likeness (QED) is 0.743. The lowest BCUT2D eigenvalue weighted by Gasteiger charge is -2.10. The van der Waals surface area contributed by atoms with Crippen LogP contribution in [0.25, 0.3) is 0 Å². The van der Waals surface area contributed by atoms with Crippen LogP contribution >= 0.6 is 0 Å². The first-order chi connectivity index (χ1) is 6.54. The Morgan fingerprint density at radius 3 is 2.43 bits per heavy atom. The maximum absolute atomic E-state index is 13.0. The van der Waals surface area contributed by atoms with Gasteiger partial charge in [-0.05, 0) is 12.1 Å². The molecule has 0 atom stereocenters. The summed E-state index contributed by atoms with van der Waals surface area (Å²) < 4.78 is 13.0. The van der Waals surface area contributed by atoms with Crippen molar-refractivity contribution in [2.75, 3.05) is 7.05 Å². The lowest BCUT2D eigenvalue weighted by Crippen LogP contribution is -2.32. The second-order valence-corrected chi connectivity index (χ2v) is 2.63. The Hall–Kier alpha value is -1.91. The van der Waals surface area contributed by atoms with Gasteiger partial charge >= 0.3 is 6.09 Å². The van der Waals surface area contributed by atoms with Crippen molar-refractivity contribution in [1.82, 2.24) is 4.90 Å². The predicted octanol–water partition coefficient (Wildman–Crippen LogP) is 1.58. The van der Waals surface area contributed by atoms with Crippen LogP contribution in [0.15, 0.2) is 24.3 Å². The van der Waals surface area contributed by atoms with E-state index in [4.69, 9.17) is 5.11 Å². The number of imide groups is 1. The summed E-state index contributed by atoms with van der Waals surface area (Å²) in [7, 11) is 1.07. The molecule has 2 amide bonds. The molecule has 0 heterocycles. The molecule has 0 aliphatic carbocycles. The minimum absolute atomic E-state index is 0.252. The Morgan fingerprint density at radius 2 is 1.93 bits per heavy atom. The number of amides is 2. The molecule has 0 aliphatic rings. The molecule has 1 rings (SSSR count). The van der Waals surface area contributed by atoms with Crippen molar-refractivity contribution in [2.45, 2.75) is 0 Å². The number of benzene rings is 1. The van der Waals surface area contributed by atoms with Crippen molar-refractivity contribution >= 4 is 12.0 Å². The molecule has 5 heteroatoms. The minimum Gasteiger partial charge on any atom is -0.465 e. The number of halogens is 1. The highest BCUT2D eigenvalue weighted by Crippen LogP contribution is 2.08. The van der Waals surface area contributed by atoms with E-state index in [1.54, 1.807) is 0 Å². The molecule has 0 unspecified atom stereocenters. The summed E-state index contributed by atoms with van der Waals surface area (Å²) in [5.74, 6) is -1.61. The van der Waals surface area contributed by atoms with Crippen molar-refractivity contribution in [3.05, 3.63) is 35.6 Å². The molecule has 4 nitrogen and oxygen atoms in total. The topological polar surface area (TPSA) is 57.6 Å².